The number of fused-ring (bicyclic) bond motifs is 1. The van der Waals surface area contributed by atoms with E-state index in [9.17, 15) is 0 Å². The topological polar surface area (TPSA) is 32.5 Å². The molecule has 1 aliphatic rings. The molecule has 1 heterocycles. The summed E-state index contributed by atoms with van der Waals surface area (Å²) >= 11 is 0. The van der Waals surface area contributed by atoms with Crippen LogP contribution in [0.2, 0.25) is 0 Å². The molecule has 0 saturated carbocycles. The lowest BCUT2D eigenvalue weighted by molar-refractivity contribution is 0.811. The van der Waals surface area contributed by atoms with Gasteiger partial charge in [0.2, 0.25) is 0 Å². The number of nitrogens with zero attached hydrogens (tertiary/aromatic N) is 2. The van der Waals surface area contributed by atoms with Crippen molar-refractivity contribution in [3.05, 3.63) is 54.1 Å². The van der Waals surface area contributed by atoms with E-state index in [1.807, 2.05) is 6.92 Å². The number of para-hydroxylation sites is 2. The number of rotatable bonds is 2. The molecule has 0 saturated heterocycles. The van der Waals surface area contributed by atoms with Crippen LogP contribution in [0, 0.1) is 0 Å². The Hall–Kier alpha value is -2.00. The van der Waals surface area contributed by atoms with Crippen molar-refractivity contribution in [3.8, 4) is 0 Å². The molecule has 0 unspecified atom stereocenters. The maximum atomic E-state index is 5.92. The Morgan fingerprint density at radius 2 is 1.60 bits per heavy atom. The molecular formula is C17H21N3. The van der Waals surface area contributed by atoms with Gasteiger partial charge >= 0.3 is 0 Å². The molecule has 2 N–H and O–H groups in total. The maximum Gasteiger partial charge on any atom is 0.0649 e. The highest BCUT2D eigenvalue weighted by Crippen LogP contribution is 2.36. The Bertz CT molecular complexity index is 589. The normalized spacial score (nSPS) is 15.9. The van der Waals surface area contributed by atoms with E-state index in [2.05, 4.69) is 65.4 Å². The van der Waals surface area contributed by atoms with Crippen molar-refractivity contribution >= 4 is 17.1 Å². The standard InChI is InChI=1S/C17H21N3/c1-13(18)14-7-9-15(10-8-14)20-12-11-19(2)16-5-3-4-6-17(16)20/h3-10,13H,11-12,18H2,1-2H3/t13-/m0/s1. The van der Waals surface area contributed by atoms with Crippen LogP contribution >= 0.6 is 0 Å². The minimum Gasteiger partial charge on any atom is -0.371 e. The van der Waals surface area contributed by atoms with Crippen LogP contribution in [-0.4, -0.2) is 20.1 Å². The monoisotopic (exact) mass is 267 g/mol. The van der Waals surface area contributed by atoms with Crippen LogP contribution in [0.1, 0.15) is 18.5 Å². The molecule has 3 rings (SSSR count). The third-order valence-corrected chi connectivity index (χ3v) is 3.97. The summed E-state index contributed by atoms with van der Waals surface area (Å²) in [6.07, 6.45) is 0. The van der Waals surface area contributed by atoms with Crippen LogP contribution in [-0.2, 0) is 0 Å². The first-order valence-electron chi connectivity index (χ1n) is 7.10. The molecule has 3 nitrogen and oxygen atoms in total. The molecule has 0 amide bonds. The third-order valence-electron chi connectivity index (χ3n) is 3.97. The van der Waals surface area contributed by atoms with Crippen molar-refractivity contribution < 1.29 is 0 Å². The third kappa shape index (κ3) is 2.25. The Morgan fingerprint density at radius 3 is 2.25 bits per heavy atom. The van der Waals surface area contributed by atoms with Gasteiger partial charge in [0.1, 0.15) is 0 Å². The minimum atomic E-state index is 0.0869. The molecule has 20 heavy (non-hydrogen) atoms. The molecule has 2 aromatic carbocycles. The number of benzene rings is 2. The second-order valence-corrected chi connectivity index (χ2v) is 5.44. The van der Waals surface area contributed by atoms with Gasteiger partial charge in [-0.3, -0.25) is 0 Å². The summed E-state index contributed by atoms with van der Waals surface area (Å²) in [7, 11) is 2.15. The van der Waals surface area contributed by atoms with Gasteiger partial charge in [0, 0.05) is 31.9 Å². The molecule has 1 atom stereocenters. The molecule has 1 aliphatic heterocycles. The highest BCUT2D eigenvalue weighted by molar-refractivity contribution is 5.79. The number of hydrogen-bond donors (Lipinski definition) is 1. The summed E-state index contributed by atoms with van der Waals surface area (Å²) in [4.78, 5) is 4.68. The van der Waals surface area contributed by atoms with E-state index >= 15 is 0 Å². The van der Waals surface area contributed by atoms with Gasteiger partial charge in [0.15, 0.2) is 0 Å². The Morgan fingerprint density at radius 1 is 0.950 bits per heavy atom. The second-order valence-electron chi connectivity index (χ2n) is 5.44. The average Bonchev–Trinajstić information content (AvgIpc) is 2.48. The molecule has 0 spiro atoms. The zero-order chi connectivity index (χ0) is 14.1. The summed E-state index contributed by atoms with van der Waals surface area (Å²) < 4.78 is 0. The zero-order valence-corrected chi connectivity index (χ0v) is 12.1. The van der Waals surface area contributed by atoms with Crippen molar-refractivity contribution in [2.24, 2.45) is 5.73 Å². The number of likely N-dealkylation sites (N-methyl/N-ethyl adjacent to an activating group) is 1. The van der Waals surface area contributed by atoms with E-state index in [0.29, 0.717) is 0 Å². The van der Waals surface area contributed by atoms with Gasteiger partial charge in [-0.05, 0) is 36.8 Å². The van der Waals surface area contributed by atoms with Crippen molar-refractivity contribution in [2.75, 3.05) is 29.9 Å². The lowest BCUT2D eigenvalue weighted by Gasteiger charge is -2.37. The molecule has 0 aliphatic carbocycles. The smallest absolute Gasteiger partial charge is 0.0649 e. The highest BCUT2D eigenvalue weighted by atomic mass is 15.3. The predicted octanol–water partition coefficient (Wildman–Crippen LogP) is 3.29. The van der Waals surface area contributed by atoms with Crippen LogP contribution < -0.4 is 15.5 Å². The van der Waals surface area contributed by atoms with Crippen LogP contribution in [0.3, 0.4) is 0 Å². The first kappa shape index (κ1) is 13.0. The molecule has 0 aromatic heterocycles. The second kappa shape index (κ2) is 5.17. The number of nitrogens with two attached hydrogens (primary N) is 1. The maximum absolute atomic E-state index is 5.92. The van der Waals surface area contributed by atoms with Gasteiger partial charge in [0.05, 0.1) is 11.4 Å². The van der Waals surface area contributed by atoms with Crippen molar-refractivity contribution in [1.82, 2.24) is 0 Å². The number of hydrogen-bond acceptors (Lipinski definition) is 3. The SMILES string of the molecule is C[C@H](N)c1ccc(N2CCN(C)c3ccccc32)cc1. The quantitative estimate of drug-likeness (QED) is 0.906. The van der Waals surface area contributed by atoms with Gasteiger partial charge in [0.25, 0.3) is 0 Å². The molecule has 0 radical (unpaired) electrons. The Labute approximate surface area is 120 Å². The van der Waals surface area contributed by atoms with Crippen LogP contribution in [0.5, 0.6) is 0 Å². The summed E-state index contributed by atoms with van der Waals surface area (Å²) in [5, 5.41) is 0. The zero-order valence-electron chi connectivity index (χ0n) is 12.1. The lowest BCUT2D eigenvalue weighted by atomic mass is 10.1. The summed E-state index contributed by atoms with van der Waals surface area (Å²) in [6, 6.07) is 17.2. The first-order valence-corrected chi connectivity index (χ1v) is 7.10. The van der Waals surface area contributed by atoms with Gasteiger partial charge in [-0.15, -0.1) is 0 Å². The molecule has 104 valence electrons. The van der Waals surface area contributed by atoms with Crippen LogP contribution in [0.4, 0.5) is 17.1 Å². The Kier molecular flexibility index (Phi) is 3.36. The van der Waals surface area contributed by atoms with Gasteiger partial charge in [-0.1, -0.05) is 24.3 Å². The fourth-order valence-electron chi connectivity index (χ4n) is 2.73. The van der Waals surface area contributed by atoms with Crippen molar-refractivity contribution in [3.63, 3.8) is 0 Å². The first-order chi connectivity index (χ1) is 9.66. The van der Waals surface area contributed by atoms with E-state index in [1.54, 1.807) is 0 Å². The molecule has 3 heteroatoms. The van der Waals surface area contributed by atoms with Gasteiger partial charge < -0.3 is 15.5 Å². The predicted molar refractivity (Wildman–Crippen MR) is 85.8 cm³/mol. The summed E-state index contributed by atoms with van der Waals surface area (Å²) in [5.41, 5.74) is 10.9. The molecule has 2 aromatic rings. The average molecular weight is 267 g/mol. The minimum absolute atomic E-state index is 0.0869. The van der Waals surface area contributed by atoms with Crippen molar-refractivity contribution in [2.45, 2.75) is 13.0 Å². The van der Waals surface area contributed by atoms with Crippen molar-refractivity contribution in [1.29, 1.82) is 0 Å². The van der Waals surface area contributed by atoms with E-state index in [4.69, 9.17) is 5.73 Å². The fourth-order valence-corrected chi connectivity index (χ4v) is 2.73. The van der Waals surface area contributed by atoms with Gasteiger partial charge in [-0.2, -0.15) is 0 Å². The molecular weight excluding hydrogens is 246 g/mol. The van der Waals surface area contributed by atoms with E-state index in [-0.39, 0.29) is 6.04 Å². The van der Waals surface area contributed by atoms with Gasteiger partial charge in [-0.25, -0.2) is 0 Å². The lowest BCUT2D eigenvalue weighted by Crippen LogP contribution is -2.36. The van der Waals surface area contributed by atoms with E-state index in [1.165, 1.54) is 22.6 Å². The van der Waals surface area contributed by atoms with Crippen LogP contribution in [0.15, 0.2) is 48.5 Å². The summed E-state index contributed by atoms with van der Waals surface area (Å²) in [5.74, 6) is 0. The largest absolute Gasteiger partial charge is 0.371 e. The molecule has 0 bridgehead atoms. The van der Waals surface area contributed by atoms with E-state index < -0.39 is 0 Å². The highest BCUT2D eigenvalue weighted by Gasteiger charge is 2.20. The van der Waals surface area contributed by atoms with Crippen LogP contribution in [0.25, 0.3) is 0 Å². The van der Waals surface area contributed by atoms with E-state index in [0.717, 1.165) is 13.1 Å². The Balaban J connectivity index is 1.97. The fraction of sp³-hybridized carbons (Fsp3) is 0.294. The number of anilines is 3. The molecule has 0 fully saturated rings. The summed E-state index contributed by atoms with van der Waals surface area (Å²) in [6.45, 7) is 4.05.